The van der Waals surface area contributed by atoms with Crippen molar-refractivity contribution in [3.05, 3.63) is 0 Å². The maximum atomic E-state index is 8.28. The molecule has 0 amide bonds. The fraction of sp³-hybridized carbons (Fsp3) is 0. The summed E-state index contributed by atoms with van der Waals surface area (Å²) in [6.45, 7) is 0. The molecular weight excluding hydrogens is 151 g/mol. The predicted octanol–water partition coefficient (Wildman–Crippen LogP) is -1.92. The standard InChI is InChI=1S/Al.H2OSi.2O.Ti.H/c;1-2;;;;/h;2H2;;;;. The van der Waals surface area contributed by atoms with Crippen molar-refractivity contribution in [2.24, 2.45) is 0 Å². The van der Waals surface area contributed by atoms with Crippen LogP contribution in [0.5, 0.6) is 0 Å². The minimum atomic E-state index is 0.611. The molecule has 0 aliphatic rings. The van der Waals surface area contributed by atoms with Crippen molar-refractivity contribution in [3.63, 3.8) is 0 Å². The molecule has 0 atom stereocenters. The van der Waals surface area contributed by atoms with Crippen molar-refractivity contribution in [2.75, 3.05) is 0 Å². The average Bonchev–Trinajstić information content (AvgIpc) is 1.81. The first-order valence-electron chi connectivity index (χ1n) is 0.781. The van der Waals surface area contributed by atoms with E-state index in [1.165, 1.54) is 0 Å². The number of rotatable bonds is 0. The van der Waals surface area contributed by atoms with Gasteiger partial charge in [0.15, 0.2) is 0 Å². The summed E-state index contributed by atoms with van der Waals surface area (Å²) < 4.78 is 24.8. The molecule has 3 nitrogen and oxygen atoms in total. The molecule has 0 aromatic heterocycles. The van der Waals surface area contributed by atoms with Crippen molar-refractivity contribution < 1.29 is 32.0 Å². The molecule has 32 valence electrons. The zero-order valence-electron chi connectivity index (χ0n) is 3.14. The first kappa shape index (κ1) is 15.8. The quantitative estimate of drug-likeness (QED) is 0.382. The summed E-state index contributed by atoms with van der Waals surface area (Å²) in [5.74, 6) is 0. The molecule has 0 radical (unpaired) electrons. The van der Waals surface area contributed by atoms with Crippen LogP contribution in [0.3, 0.4) is 0 Å². The Morgan fingerprint density at radius 2 is 1.17 bits per heavy atom. The molecule has 6 heavy (non-hydrogen) atoms. The van der Waals surface area contributed by atoms with Gasteiger partial charge >= 0.3 is 43.8 Å². The molecule has 0 bridgehead atoms. The van der Waals surface area contributed by atoms with Crippen LogP contribution >= 0.6 is 0 Å². The van der Waals surface area contributed by atoms with Crippen LogP contribution in [0.1, 0.15) is 0 Å². The van der Waals surface area contributed by atoms with E-state index in [0.717, 1.165) is 20.4 Å². The van der Waals surface area contributed by atoms with Gasteiger partial charge < -0.3 is 4.46 Å². The second-order valence-electron chi connectivity index (χ2n) is 0. The van der Waals surface area contributed by atoms with Crippen molar-refractivity contribution >= 4 is 26.4 Å². The van der Waals surface area contributed by atoms with E-state index in [0.29, 0.717) is 26.4 Å². The molecule has 6 heteroatoms. The monoisotopic (exact) mass is 154 g/mol. The van der Waals surface area contributed by atoms with Crippen LogP contribution in [0, 0.1) is 0 Å². The molecule has 0 aromatic rings. The summed E-state index contributed by atoms with van der Waals surface area (Å²) in [7, 11) is 0.611. The molecule has 0 aromatic carbocycles. The molecular formula is H3AlO3SiTi. The second-order valence-corrected chi connectivity index (χ2v) is 0. The Morgan fingerprint density at radius 1 is 1.17 bits per heavy atom. The Balaban J connectivity index is -0.0000000225. The third-order valence-corrected chi connectivity index (χ3v) is 0. The van der Waals surface area contributed by atoms with Gasteiger partial charge in [0.25, 0.3) is 0 Å². The van der Waals surface area contributed by atoms with E-state index in [9.17, 15) is 0 Å². The van der Waals surface area contributed by atoms with Gasteiger partial charge in [-0.2, -0.15) is 0 Å². The zero-order chi connectivity index (χ0) is 6.00. The van der Waals surface area contributed by atoms with E-state index in [4.69, 9.17) is 11.6 Å². The van der Waals surface area contributed by atoms with E-state index < -0.39 is 0 Å². The van der Waals surface area contributed by atoms with Gasteiger partial charge in [0.2, 0.25) is 10.1 Å². The Kier molecular flexibility index (Phi) is 490. The van der Waals surface area contributed by atoms with Crippen molar-refractivity contribution in [1.82, 2.24) is 0 Å². The van der Waals surface area contributed by atoms with E-state index in [2.05, 4.69) is 0 Å². The third-order valence-electron chi connectivity index (χ3n) is 0. The van der Waals surface area contributed by atoms with Crippen molar-refractivity contribution in [2.45, 2.75) is 0 Å². The van der Waals surface area contributed by atoms with Crippen LogP contribution in [-0.2, 0) is 32.0 Å². The minimum absolute atomic E-state index is 0.611. The van der Waals surface area contributed by atoms with Gasteiger partial charge in [0.05, 0.1) is 0 Å². The van der Waals surface area contributed by atoms with Gasteiger partial charge in [-0.3, -0.25) is 0 Å². The van der Waals surface area contributed by atoms with E-state index in [1.54, 1.807) is 0 Å². The van der Waals surface area contributed by atoms with Crippen LogP contribution in [0.2, 0.25) is 0 Å². The van der Waals surface area contributed by atoms with Crippen LogP contribution in [-0.4, -0.2) is 26.4 Å². The van der Waals surface area contributed by atoms with Crippen LogP contribution in [0.25, 0.3) is 0 Å². The second kappa shape index (κ2) is 186. The summed E-state index contributed by atoms with van der Waals surface area (Å²) in [6, 6.07) is 0. The van der Waals surface area contributed by atoms with E-state index in [-0.39, 0.29) is 0 Å². The van der Waals surface area contributed by atoms with Crippen LogP contribution < -0.4 is 0 Å². The van der Waals surface area contributed by atoms with Crippen molar-refractivity contribution in [3.8, 4) is 0 Å². The topological polar surface area (TPSA) is 51.2 Å². The van der Waals surface area contributed by atoms with E-state index >= 15 is 0 Å². The van der Waals surface area contributed by atoms with Gasteiger partial charge in [-0.25, -0.2) is 0 Å². The average molecular weight is 154 g/mol. The SMILES string of the molecule is O=[SiH2].[O]=[AlH].[O]=[Ti]. The van der Waals surface area contributed by atoms with Gasteiger partial charge in [0, 0.05) is 0 Å². The Bertz CT molecular complexity index is 15.5. The summed E-state index contributed by atoms with van der Waals surface area (Å²) in [5, 5.41) is 0. The number of hydrogen-bond acceptors (Lipinski definition) is 3. The molecule has 0 aliphatic carbocycles. The first-order valence-corrected chi connectivity index (χ1v) is 2.57. The molecule has 0 heterocycles. The Morgan fingerprint density at radius 3 is 1.17 bits per heavy atom. The molecule has 0 unspecified atom stereocenters. The Labute approximate surface area is 58.3 Å². The molecule has 0 aliphatic heterocycles. The fourth-order valence-electron chi connectivity index (χ4n) is 0. The van der Waals surface area contributed by atoms with Crippen LogP contribution in [0.15, 0.2) is 0 Å². The molecule has 0 N–H and O–H groups in total. The van der Waals surface area contributed by atoms with Gasteiger partial charge in [-0.1, -0.05) is 0 Å². The maximum absolute atomic E-state index is 8.28. The zero-order valence-corrected chi connectivity index (χ0v) is 7.53. The summed E-state index contributed by atoms with van der Waals surface area (Å²) in [5.41, 5.74) is 0. The fourth-order valence-corrected chi connectivity index (χ4v) is 0. The third kappa shape index (κ3) is 97.3. The predicted molar refractivity (Wildman–Crippen MR) is 17.8 cm³/mol. The molecule has 0 fully saturated rings. The van der Waals surface area contributed by atoms with Gasteiger partial charge in [-0.15, -0.1) is 0 Å². The molecule has 0 saturated heterocycles. The summed E-state index contributed by atoms with van der Waals surface area (Å²) in [4.78, 5) is 0. The van der Waals surface area contributed by atoms with Crippen molar-refractivity contribution in [1.29, 1.82) is 0 Å². The Hall–Kier alpha value is 0.864. The summed E-state index contributed by atoms with van der Waals surface area (Å²) in [6.07, 6.45) is 0. The van der Waals surface area contributed by atoms with Gasteiger partial charge in [0.1, 0.15) is 0 Å². The van der Waals surface area contributed by atoms with Gasteiger partial charge in [-0.05, 0) is 0 Å². The molecule has 0 spiro atoms. The summed E-state index contributed by atoms with van der Waals surface area (Å²) >= 11 is 1.36. The first-order chi connectivity index (χ1) is 3.00. The molecule has 0 saturated carbocycles. The molecule has 0 rings (SSSR count). The number of hydrogen-bond donors (Lipinski definition) is 0. The van der Waals surface area contributed by atoms with Crippen LogP contribution in [0.4, 0.5) is 0 Å². The van der Waals surface area contributed by atoms with E-state index in [1.807, 2.05) is 0 Å². The normalized spacial score (nSPS) is 1.67.